The van der Waals surface area contributed by atoms with Gasteiger partial charge in [-0.1, -0.05) is 0 Å². The van der Waals surface area contributed by atoms with Gasteiger partial charge >= 0.3 is 6.01 Å². The molecule has 1 aliphatic heterocycles. The molecule has 6 nitrogen and oxygen atoms in total. The van der Waals surface area contributed by atoms with E-state index < -0.39 is 0 Å². The largest absolute Gasteiger partial charge is 0.467 e. The number of hydrogen-bond donors (Lipinski definition) is 0. The minimum absolute atomic E-state index is 0.165. The van der Waals surface area contributed by atoms with Gasteiger partial charge in [0, 0.05) is 25.7 Å². The molecule has 1 fully saturated rings. The second kappa shape index (κ2) is 5.01. The lowest BCUT2D eigenvalue weighted by atomic mass is 10.2. The Bertz CT molecular complexity index is 402. The Balaban J connectivity index is 2.24. The zero-order chi connectivity index (χ0) is 12.4. The third-order valence-electron chi connectivity index (χ3n) is 2.85. The number of piperazine rings is 1. The van der Waals surface area contributed by atoms with Gasteiger partial charge in [0.1, 0.15) is 0 Å². The van der Waals surface area contributed by atoms with Crippen LogP contribution in [-0.2, 0) is 0 Å². The molecule has 0 saturated carbocycles. The third-order valence-corrected chi connectivity index (χ3v) is 3.01. The molecule has 0 aromatic carbocycles. The van der Waals surface area contributed by atoms with Gasteiger partial charge in [0.2, 0.25) is 11.2 Å². The van der Waals surface area contributed by atoms with Gasteiger partial charge in [-0.3, -0.25) is 0 Å². The SMILES string of the molecule is COc1nc(Cl)nc(N2CCN(C)CC2C)n1. The van der Waals surface area contributed by atoms with Crippen molar-refractivity contribution in [3.8, 4) is 6.01 Å². The monoisotopic (exact) mass is 257 g/mol. The minimum atomic E-state index is 0.165. The fourth-order valence-corrected chi connectivity index (χ4v) is 2.13. The van der Waals surface area contributed by atoms with Gasteiger partial charge in [0.05, 0.1) is 7.11 Å². The summed E-state index contributed by atoms with van der Waals surface area (Å²) >= 11 is 5.85. The summed E-state index contributed by atoms with van der Waals surface area (Å²) in [6.07, 6.45) is 0. The minimum Gasteiger partial charge on any atom is -0.467 e. The number of nitrogens with zero attached hydrogens (tertiary/aromatic N) is 5. The fourth-order valence-electron chi connectivity index (χ4n) is 1.98. The Morgan fingerprint density at radius 3 is 2.71 bits per heavy atom. The molecule has 0 N–H and O–H groups in total. The number of hydrogen-bond acceptors (Lipinski definition) is 6. The zero-order valence-corrected chi connectivity index (χ0v) is 11.0. The van der Waals surface area contributed by atoms with Crippen LogP contribution >= 0.6 is 11.6 Å². The van der Waals surface area contributed by atoms with Gasteiger partial charge in [-0.2, -0.15) is 15.0 Å². The molecule has 0 spiro atoms. The van der Waals surface area contributed by atoms with Crippen LogP contribution in [-0.4, -0.2) is 59.7 Å². The first-order valence-corrected chi connectivity index (χ1v) is 5.88. The van der Waals surface area contributed by atoms with Gasteiger partial charge in [0.15, 0.2) is 0 Å². The Kier molecular flexibility index (Phi) is 3.63. The highest BCUT2D eigenvalue weighted by Gasteiger charge is 2.24. The molecule has 0 amide bonds. The lowest BCUT2D eigenvalue weighted by Crippen LogP contribution is -2.51. The molecule has 1 saturated heterocycles. The van der Waals surface area contributed by atoms with Crippen molar-refractivity contribution in [3.63, 3.8) is 0 Å². The predicted octanol–water partition coefficient (Wildman–Crippen LogP) is 0.674. The number of halogens is 1. The smallest absolute Gasteiger partial charge is 0.322 e. The lowest BCUT2D eigenvalue weighted by Gasteiger charge is -2.38. The molecule has 0 bridgehead atoms. The maximum Gasteiger partial charge on any atom is 0.322 e. The van der Waals surface area contributed by atoms with Crippen LogP contribution < -0.4 is 9.64 Å². The summed E-state index contributed by atoms with van der Waals surface area (Å²) in [6, 6.07) is 0.600. The van der Waals surface area contributed by atoms with Gasteiger partial charge in [0.25, 0.3) is 0 Å². The molecular weight excluding hydrogens is 242 g/mol. The van der Waals surface area contributed by atoms with Crippen molar-refractivity contribution in [2.75, 3.05) is 38.7 Å². The highest BCUT2D eigenvalue weighted by Crippen LogP contribution is 2.19. The quantitative estimate of drug-likeness (QED) is 0.777. The first-order valence-electron chi connectivity index (χ1n) is 5.51. The number of likely N-dealkylation sites (N-methyl/N-ethyl adjacent to an activating group) is 1. The molecule has 0 radical (unpaired) electrons. The van der Waals surface area contributed by atoms with Crippen LogP contribution in [0.15, 0.2) is 0 Å². The zero-order valence-electron chi connectivity index (χ0n) is 10.2. The molecule has 1 aliphatic rings. The van der Waals surface area contributed by atoms with Crippen molar-refractivity contribution in [3.05, 3.63) is 5.28 Å². The number of aromatic nitrogens is 3. The Labute approximate surface area is 106 Å². The molecule has 94 valence electrons. The summed E-state index contributed by atoms with van der Waals surface area (Å²) < 4.78 is 5.00. The van der Waals surface area contributed by atoms with Crippen molar-refractivity contribution in [1.82, 2.24) is 19.9 Å². The van der Waals surface area contributed by atoms with E-state index in [1.807, 2.05) is 0 Å². The fraction of sp³-hybridized carbons (Fsp3) is 0.700. The van der Waals surface area contributed by atoms with E-state index in [2.05, 4.69) is 38.7 Å². The maximum atomic E-state index is 5.85. The van der Waals surface area contributed by atoms with Crippen molar-refractivity contribution in [2.24, 2.45) is 0 Å². The van der Waals surface area contributed by atoms with E-state index in [1.165, 1.54) is 7.11 Å². The van der Waals surface area contributed by atoms with Crippen LogP contribution in [0.4, 0.5) is 5.95 Å². The summed E-state index contributed by atoms with van der Waals surface area (Å²) in [6.45, 7) is 4.97. The van der Waals surface area contributed by atoms with E-state index in [9.17, 15) is 0 Å². The third kappa shape index (κ3) is 2.76. The average molecular weight is 258 g/mol. The first-order chi connectivity index (χ1) is 8.10. The Morgan fingerprint density at radius 2 is 2.06 bits per heavy atom. The molecule has 17 heavy (non-hydrogen) atoms. The van der Waals surface area contributed by atoms with Crippen LogP contribution in [0.5, 0.6) is 6.01 Å². The molecule has 7 heteroatoms. The van der Waals surface area contributed by atoms with Crippen molar-refractivity contribution in [2.45, 2.75) is 13.0 Å². The van der Waals surface area contributed by atoms with Gasteiger partial charge in [-0.25, -0.2) is 0 Å². The average Bonchev–Trinajstić information content (AvgIpc) is 2.28. The highest BCUT2D eigenvalue weighted by atomic mass is 35.5. The van der Waals surface area contributed by atoms with Crippen molar-refractivity contribution < 1.29 is 4.74 Å². The summed E-state index contributed by atoms with van der Waals surface area (Å²) in [4.78, 5) is 16.7. The second-order valence-electron chi connectivity index (χ2n) is 4.20. The molecule has 2 rings (SSSR count). The summed E-state index contributed by atoms with van der Waals surface area (Å²) in [5, 5.41) is 0.165. The van der Waals surface area contributed by atoms with Gasteiger partial charge in [-0.15, -0.1) is 0 Å². The van der Waals surface area contributed by atoms with Crippen molar-refractivity contribution >= 4 is 17.5 Å². The molecule has 2 heterocycles. The predicted molar refractivity (Wildman–Crippen MR) is 65.7 cm³/mol. The first kappa shape index (κ1) is 12.3. The maximum absolute atomic E-state index is 5.85. The van der Waals surface area contributed by atoms with Crippen LogP contribution in [0.2, 0.25) is 5.28 Å². The molecular formula is C10H16ClN5O. The number of rotatable bonds is 2. The molecule has 1 aromatic heterocycles. The topological polar surface area (TPSA) is 54.4 Å². The van der Waals surface area contributed by atoms with Crippen LogP contribution in [0.1, 0.15) is 6.92 Å². The normalized spacial score (nSPS) is 21.6. The van der Waals surface area contributed by atoms with E-state index in [1.54, 1.807) is 0 Å². The standard InChI is InChI=1S/C10H16ClN5O/c1-7-6-15(2)4-5-16(7)9-12-8(11)13-10(14-9)17-3/h7H,4-6H2,1-3H3. The van der Waals surface area contributed by atoms with Crippen molar-refractivity contribution in [1.29, 1.82) is 0 Å². The lowest BCUT2D eigenvalue weighted by molar-refractivity contribution is 0.272. The van der Waals surface area contributed by atoms with Crippen LogP contribution in [0.3, 0.4) is 0 Å². The molecule has 1 atom stereocenters. The number of anilines is 1. The summed E-state index contributed by atoms with van der Waals surface area (Å²) in [7, 11) is 3.62. The molecule has 1 aromatic rings. The molecule has 0 aliphatic carbocycles. The Morgan fingerprint density at radius 1 is 1.29 bits per heavy atom. The van der Waals surface area contributed by atoms with E-state index in [-0.39, 0.29) is 11.3 Å². The van der Waals surface area contributed by atoms with Gasteiger partial charge in [-0.05, 0) is 25.6 Å². The van der Waals surface area contributed by atoms with E-state index in [4.69, 9.17) is 16.3 Å². The van der Waals surface area contributed by atoms with E-state index >= 15 is 0 Å². The number of methoxy groups -OCH3 is 1. The Hall–Kier alpha value is -1.14. The van der Waals surface area contributed by atoms with Crippen LogP contribution in [0, 0.1) is 0 Å². The van der Waals surface area contributed by atoms with E-state index in [0.717, 1.165) is 19.6 Å². The number of ether oxygens (including phenoxy) is 1. The summed E-state index contributed by atoms with van der Waals surface area (Å²) in [5.41, 5.74) is 0. The summed E-state index contributed by atoms with van der Waals surface area (Å²) in [5.74, 6) is 0.586. The van der Waals surface area contributed by atoms with Crippen LogP contribution in [0.25, 0.3) is 0 Å². The second-order valence-corrected chi connectivity index (χ2v) is 4.53. The van der Waals surface area contributed by atoms with Gasteiger partial charge < -0.3 is 14.5 Å². The molecule has 1 unspecified atom stereocenters. The highest BCUT2D eigenvalue weighted by molar-refractivity contribution is 6.28. The van der Waals surface area contributed by atoms with E-state index in [0.29, 0.717) is 12.0 Å².